The van der Waals surface area contributed by atoms with Crippen LogP contribution in [0, 0.1) is 0 Å². The van der Waals surface area contributed by atoms with Crippen LogP contribution in [-0.2, 0) is 28.3 Å². The third kappa shape index (κ3) is 37.4. The van der Waals surface area contributed by atoms with E-state index in [1.54, 1.807) is 67.5 Å². The summed E-state index contributed by atoms with van der Waals surface area (Å²) in [6, 6.07) is 16.9. The number of aliphatic hydroxyl groups is 5. The molecule has 7 N–H and O–H groups in total. The minimum atomic E-state index is -0.167. The summed E-state index contributed by atoms with van der Waals surface area (Å²) >= 11 is 0. The van der Waals surface area contributed by atoms with E-state index in [2.05, 4.69) is 5.32 Å². The summed E-state index contributed by atoms with van der Waals surface area (Å²) in [5, 5.41) is 54.5. The Morgan fingerprint density at radius 2 is 0.971 bits per heavy atom. The molecule has 0 bridgehead atoms. The molecule has 2 rings (SSSR count). The molecular formula is C27H49NO6Ti+4. The van der Waals surface area contributed by atoms with Crippen molar-refractivity contribution in [1.29, 1.82) is 0 Å². The molecule has 198 valence electrons. The Balaban J connectivity index is -0.000000233. The number of aliphatic hydroxyl groups excluding tert-OH is 5. The monoisotopic (exact) mass is 531 g/mol. The summed E-state index contributed by atoms with van der Waals surface area (Å²) in [5.74, 6) is 0.273. The molecule has 7 nitrogen and oxygen atoms in total. The van der Waals surface area contributed by atoms with Gasteiger partial charge in [-0.05, 0) is 67.0 Å². The van der Waals surface area contributed by atoms with E-state index in [0.717, 1.165) is 11.1 Å². The Morgan fingerprint density at radius 1 is 0.629 bits per heavy atom. The van der Waals surface area contributed by atoms with E-state index in [1.165, 1.54) is 0 Å². The van der Waals surface area contributed by atoms with Crippen molar-refractivity contribution >= 4 is 0 Å². The summed E-state index contributed by atoms with van der Waals surface area (Å²) in [5.41, 5.74) is 1.86. The van der Waals surface area contributed by atoms with E-state index < -0.39 is 0 Å². The first-order valence-electron chi connectivity index (χ1n) is 11.6. The Labute approximate surface area is 227 Å². The molecular weight excluding hydrogens is 482 g/mol. The number of hydrogen-bond acceptors (Lipinski definition) is 7. The number of benzene rings is 2. The molecule has 2 aromatic carbocycles. The van der Waals surface area contributed by atoms with Crippen LogP contribution in [0.3, 0.4) is 0 Å². The van der Waals surface area contributed by atoms with Gasteiger partial charge < -0.3 is 36.0 Å². The molecule has 0 radical (unpaired) electrons. The van der Waals surface area contributed by atoms with Gasteiger partial charge in [-0.3, -0.25) is 0 Å². The smallest absolute Gasteiger partial charge is 0.508 e. The zero-order valence-electron chi connectivity index (χ0n) is 22.7. The molecule has 0 heterocycles. The summed E-state index contributed by atoms with van der Waals surface area (Å²) in [6.07, 6.45) is -0.667. The zero-order valence-corrected chi connectivity index (χ0v) is 24.2. The molecule has 0 aliphatic rings. The second-order valence-electron chi connectivity index (χ2n) is 8.53. The molecule has 0 aliphatic carbocycles. The van der Waals surface area contributed by atoms with E-state index in [1.807, 2.05) is 42.5 Å². The van der Waals surface area contributed by atoms with Crippen LogP contribution in [0.4, 0.5) is 0 Å². The number of aromatic hydroxyl groups is 1. The summed E-state index contributed by atoms with van der Waals surface area (Å²) in [4.78, 5) is 0. The van der Waals surface area contributed by atoms with E-state index in [-0.39, 0.29) is 64.5 Å². The summed E-state index contributed by atoms with van der Waals surface area (Å²) < 4.78 is 0. The molecule has 35 heavy (non-hydrogen) atoms. The van der Waals surface area contributed by atoms with Crippen molar-refractivity contribution in [2.45, 2.75) is 92.4 Å². The first kappa shape index (κ1) is 40.9. The Hall–Kier alpha value is -1.29. The van der Waals surface area contributed by atoms with Crippen LogP contribution in [0.25, 0.3) is 0 Å². The van der Waals surface area contributed by atoms with E-state index in [0.29, 0.717) is 6.54 Å². The molecule has 0 fully saturated rings. The van der Waals surface area contributed by atoms with Crippen molar-refractivity contribution in [3.63, 3.8) is 0 Å². The zero-order chi connectivity index (χ0) is 27.1. The van der Waals surface area contributed by atoms with Crippen molar-refractivity contribution in [3.05, 3.63) is 65.7 Å². The van der Waals surface area contributed by atoms with Gasteiger partial charge in [-0.2, -0.15) is 0 Å². The third-order valence-corrected chi connectivity index (χ3v) is 2.92. The SMILES string of the molecule is CC(C)O.CC(C)O.CC(C)O.CC(C)O.OC[C@@H](NCc1ccccc1O)c1ccccc1.[Ti+4]. The van der Waals surface area contributed by atoms with E-state index >= 15 is 0 Å². The summed E-state index contributed by atoms with van der Waals surface area (Å²) in [7, 11) is 0. The maximum atomic E-state index is 9.66. The minimum Gasteiger partial charge on any atom is -0.508 e. The number of para-hydroxylation sites is 1. The average Bonchev–Trinajstić information content (AvgIpc) is 2.69. The quantitative estimate of drug-likeness (QED) is 0.292. The predicted octanol–water partition coefficient (Wildman–Crippen LogP) is 3.76. The molecule has 0 unspecified atom stereocenters. The number of rotatable bonds is 5. The van der Waals surface area contributed by atoms with E-state index in [4.69, 9.17) is 20.4 Å². The fourth-order valence-electron chi connectivity index (χ4n) is 1.87. The van der Waals surface area contributed by atoms with Gasteiger partial charge >= 0.3 is 21.7 Å². The van der Waals surface area contributed by atoms with Gasteiger partial charge in [0.1, 0.15) is 5.75 Å². The molecule has 0 saturated heterocycles. The minimum absolute atomic E-state index is 0. The van der Waals surface area contributed by atoms with Gasteiger partial charge in [-0.15, -0.1) is 0 Å². The van der Waals surface area contributed by atoms with Crippen LogP contribution in [0.5, 0.6) is 5.75 Å². The van der Waals surface area contributed by atoms with Gasteiger partial charge in [0.05, 0.1) is 12.6 Å². The maximum Gasteiger partial charge on any atom is 4.00 e. The summed E-state index contributed by atoms with van der Waals surface area (Å²) in [6.45, 7) is 14.3. The Bertz CT molecular complexity index is 635. The predicted molar refractivity (Wildman–Crippen MR) is 141 cm³/mol. The largest absolute Gasteiger partial charge is 4.00 e. The fraction of sp³-hybridized carbons (Fsp3) is 0.556. The van der Waals surface area contributed by atoms with Crippen LogP contribution in [0.2, 0.25) is 0 Å². The van der Waals surface area contributed by atoms with Crippen molar-refractivity contribution in [2.24, 2.45) is 0 Å². The van der Waals surface area contributed by atoms with Crippen LogP contribution < -0.4 is 5.32 Å². The van der Waals surface area contributed by atoms with Gasteiger partial charge in [0, 0.05) is 36.5 Å². The Morgan fingerprint density at radius 3 is 1.31 bits per heavy atom. The fourth-order valence-corrected chi connectivity index (χ4v) is 1.87. The van der Waals surface area contributed by atoms with Gasteiger partial charge in [0.15, 0.2) is 0 Å². The normalized spacial score (nSPS) is 10.4. The topological polar surface area (TPSA) is 133 Å². The average molecular weight is 532 g/mol. The molecule has 2 aromatic rings. The number of phenolic OH excluding ortho intramolecular Hbond substituents is 1. The molecule has 8 heteroatoms. The van der Waals surface area contributed by atoms with Gasteiger partial charge in [0.25, 0.3) is 0 Å². The standard InChI is InChI=1S/C15H17NO2.4C3H8O.Ti/c17-11-14(12-6-2-1-3-7-12)16-10-13-8-4-5-9-15(13)18;4*1-3(2)4;/h1-9,14,16-18H,10-11H2;4*3-4H,1-2H3;/q;;;;;+4/t14-;;;;;/m1...../s1. The van der Waals surface area contributed by atoms with Gasteiger partial charge in [-0.25, -0.2) is 0 Å². The van der Waals surface area contributed by atoms with Crippen molar-refractivity contribution in [3.8, 4) is 5.75 Å². The van der Waals surface area contributed by atoms with Crippen molar-refractivity contribution in [2.75, 3.05) is 6.61 Å². The van der Waals surface area contributed by atoms with E-state index in [9.17, 15) is 10.2 Å². The first-order chi connectivity index (χ1) is 15.7. The second kappa shape index (κ2) is 27.3. The van der Waals surface area contributed by atoms with Crippen LogP contribution in [-0.4, -0.2) is 61.7 Å². The Kier molecular flexibility index (Phi) is 31.9. The van der Waals surface area contributed by atoms with Crippen molar-refractivity contribution in [1.82, 2.24) is 5.32 Å². The molecule has 1 atom stereocenters. The molecule has 0 saturated carbocycles. The van der Waals surface area contributed by atoms with Crippen LogP contribution in [0.1, 0.15) is 72.6 Å². The van der Waals surface area contributed by atoms with Gasteiger partial charge in [0.2, 0.25) is 0 Å². The number of nitrogens with one attached hydrogen (secondary N) is 1. The van der Waals surface area contributed by atoms with Gasteiger partial charge in [-0.1, -0.05) is 48.5 Å². The molecule has 0 amide bonds. The molecule has 0 aliphatic heterocycles. The van der Waals surface area contributed by atoms with Crippen molar-refractivity contribution < 1.29 is 52.4 Å². The molecule has 0 spiro atoms. The maximum absolute atomic E-state index is 9.66. The number of phenols is 1. The van der Waals surface area contributed by atoms with Crippen LogP contribution in [0.15, 0.2) is 54.6 Å². The number of hydrogen-bond donors (Lipinski definition) is 7. The van der Waals surface area contributed by atoms with Crippen LogP contribution >= 0.6 is 0 Å². The second-order valence-corrected chi connectivity index (χ2v) is 8.53. The molecule has 0 aromatic heterocycles. The third-order valence-electron chi connectivity index (χ3n) is 2.92. The first-order valence-corrected chi connectivity index (χ1v) is 11.6.